The first kappa shape index (κ1) is 11.5. The molecule has 0 aliphatic rings. The van der Waals surface area contributed by atoms with Crippen LogP contribution in [0.1, 0.15) is 27.2 Å². The number of hydrogen-bond acceptors (Lipinski definition) is 4. The molecular weight excluding hydrogens is 194 g/mol. The predicted octanol–water partition coefficient (Wildman–Crippen LogP) is 2.79. The molecule has 0 amide bonds. The molecule has 0 atom stereocenters. The number of nitrogens with zero attached hydrogens (tertiary/aromatic N) is 1. The van der Waals surface area contributed by atoms with Crippen LogP contribution in [0.2, 0.25) is 0 Å². The number of carbonyl (C=O) groups excluding carboxylic acids is 1. The van der Waals surface area contributed by atoms with Crippen molar-refractivity contribution in [1.29, 1.82) is 0 Å². The summed E-state index contributed by atoms with van der Waals surface area (Å²) >= 11 is 0. The fourth-order valence-corrected chi connectivity index (χ4v) is 0.811. The van der Waals surface area contributed by atoms with Crippen molar-refractivity contribution in [3.63, 3.8) is 0 Å². The van der Waals surface area contributed by atoms with Gasteiger partial charge in [0.05, 0.1) is 0 Å². The van der Waals surface area contributed by atoms with E-state index in [0.29, 0.717) is 0 Å². The second kappa shape index (κ2) is 4.77. The average Bonchev–Trinajstić information content (AvgIpc) is 2.18. The van der Waals surface area contributed by atoms with Crippen LogP contribution in [0.4, 0.5) is 4.79 Å². The van der Waals surface area contributed by atoms with Crippen molar-refractivity contribution < 1.29 is 14.3 Å². The van der Waals surface area contributed by atoms with Gasteiger partial charge >= 0.3 is 6.16 Å². The van der Waals surface area contributed by atoms with E-state index in [0.717, 1.165) is 6.42 Å². The largest absolute Gasteiger partial charge is 0.515 e. The molecule has 15 heavy (non-hydrogen) atoms. The molecule has 0 saturated carbocycles. The highest BCUT2D eigenvalue weighted by atomic mass is 16.7. The highest BCUT2D eigenvalue weighted by Crippen LogP contribution is 2.15. The molecule has 0 aliphatic carbocycles. The predicted molar refractivity (Wildman–Crippen MR) is 55.7 cm³/mol. The summed E-state index contributed by atoms with van der Waals surface area (Å²) < 4.78 is 9.97. The van der Waals surface area contributed by atoms with Crippen LogP contribution < -0.4 is 4.74 Å². The van der Waals surface area contributed by atoms with Crippen LogP contribution in [0, 0.1) is 0 Å². The first-order chi connectivity index (χ1) is 7.03. The van der Waals surface area contributed by atoms with Crippen molar-refractivity contribution in [2.24, 2.45) is 0 Å². The Hall–Kier alpha value is -1.58. The standard InChI is InChI=1S/C11H15NO3/c1-4-11(2,3)15-10(13)14-9-7-5-6-8-12-9/h5-8H,4H2,1-3H3. The fourth-order valence-electron chi connectivity index (χ4n) is 0.811. The molecule has 82 valence electrons. The molecular formula is C11H15NO3. The normalized spacial score (nSPS) is 10.9. The van der Waals surface area contributed by atoms with Crippen LogP contribution in [-0.2, 0) is 4.74 Å². The van der Waals surface area contributed by atoms with Gasteiger partial charge in [0.2, 0.25) is 5.88 Å². The van der Waals surface area contributed by atoms with E-state index < -0.39 is 11.8 Å². The molecule has 0 aromatic carbocycles. The molecule has 0 N–H and O–H groups in total. The smallest absolute Gasteiger partial charge is 0.428 e. The second-order valence-corrected chi connectivity index (χ2v) is 3.74. The first-order valence-electron chi connectivity index (χ1n) is 4.85. The van der Waals surface area contributed by atoms with Crippen LogP contribution in [0.5, 0.6) is 5.88 Å². The lowest BCUT2D eigenvalue weighted by Gasteiger charge is -2.22. The SMILES string of the molecule is CCC(C)(C)OC(=O)Oc1ccccn1. The third kappa shape index (κ3) is 3.97. The van der Waals surface area contributed by atoms with Crippen molar-refractivity contribution in [2.45, 2.75) is 32.8 Å². The number of hydrogen-bond donors (Lipinski definition) is 0. The summed E-state index contributed by atoms with van der Waals surface area (Å²) in [6.45, 7) is 5.59. The maximum atomic E-state index is 11.3. The molecule has 0 bridgehead atoms. The van der Waals surface area contributed by atoms with Gasteiger partial charge in [-0.25, -0.2) is 9.78 Å². The average molecular weight is 209 g/mol. The Morgan fingerprint density at radius 1 is 1.47 bits per heavy atom. The summed E-state index contributed by atoms with van der Waals surface area (Å²) in [4.78, 5) is 15.2. The van der Waals surface area contributed by atoms with Gasteiger partial charge in [0, 0.05) is 12.3 Å². The lowest BCUT2D eigenvalue weighted by Crippen LogP contribution is -2.28. The van der Waals surface area contributed by atoms with E-state index in [9.17, 15) is 4.79 Å². The van der Waals surface area contributed by atoms with Crippen molar-refractivity contribution in [3.05, 3.63) is 24.4 Å². The van der Waals surface area contributed by atoms with Gasteiger partial charge in [0.15, 0.2) is 0 Å². The van der Waals surface area contributed by atoms with Gasteiger partial charge in [-0.2, -0.15) is 0 Å². The molecule has 0 radical (unpaired) electrons. The quantitative estimate of drug-likeness (QED) is 0.718. The van der Waals surface area contributed by atoms with Gasteiger partial charge in [-0.3, -0.25) is 0 Å². The van der Waals surface area contributed by atoms with E-state index in [1.165, 1.54) is 0 Å². The third-order valence-electron chi connectivity index (χ3n) is 2.04. The summed E-state index contributed by atoms with van der Waals surface area (Å²) in [6, 6.07) is 5.08. The van der Waals surface area contributed by atoms with Crippen LogP contribution in [0.3, 0.4) is 0 Å². The molecule has 4 heteroatoms. The zero-order chi connectivity index (χ0) is 11.3. The molecule has 4 nitrogen and oxygen atoms in total. The third-order valence-corrected chi connectivity index (χ3v) is 2.04. The monoisotopic (exact) mass is 209 g/mol. The van der Waals surface area contributed by atoms with Gasteiger partial charge in [0.25, 0.3) is 0 Å². The topological polar surface area (TPSA) is 48.4 Å². The minimum atomic E-state index is -0.722. The first-order valence-corrected chi connectivity index (χ1v) is 4.85. The zero-order valence-corrected chi connectivity index (χ0v) is 9.19. The van der Waals surface area contributed by atoms with Gasteiger partial charge in [-0.1, -0.05) is 13.0 Å². The number of rotatable bonds is 3. The summed E-state index contributed by atoms with van der Waals surface area (Å²) in [5, 5.41) is 0. The highest BCUT2D eigenvalue weighted by molar-refractivity contribution is 5.63. The van der Waals surface area contributed by atoms with Crippen molar-refractivity contribution in [3.8, 4) is 5.88 Å². The van der Waals surface area contributed by atoms with Crippen molar-refractivity contribution in [2.75, 3.05) is 0 Å². The Morgan fingerprint density at radius 2 is 2.20 bits per heavy atom. The van der Waals surface area contributed by atoms with Crippen LogP contribution >= 0.6 is 0 Å². The van der Waals surface area contributed by atoms with Gasteiger partial charge in [-0.15, -0.1) is 0 Å². The summed E-state index contributed by atoms with van der Waals surface area (Å²) in [5.74, 6) is 0.245. The Balaban J connectivity index is 2.51. The van der Waals surface area contributed by atoms with E-state index in [4.69, 9.17) is 9.47 Å². The minimum absolute atomic E-state index is 0.245. The summed E-state index contributed by atoms with van der Waals surface area (Å²) in [5.41, 5.74) is -0.508. The summed E-state index contributed by atoms with van der Waals surface area (Å²) in [6.07, 6.45) is 1.55. The Kier molecular flexibility index (Phi) is 3.66. The van der Waals surface area contributed by atoms with Crippen molar-refractivity contribution >= 4 is 6.16 Å². The Labute approximate surface area is 89.2 Å². The Bertz CT molecular complexity index is 322. The molecule has 1 heterocycles. The molecule has 1 aromatic rings. The number of carbonyl (C=O) groups is 1. The maximum absolute atomic E-state index is 11.3. The molecule has 1 rings (SSSR count). The van der Waals surface area contributed by atoms with Crippen molar-refractivity contribution in [1.82, 2.24) is 4.98 Å². The number of pyridine rings is 1. The molecule has 0 spiro atoms. The van der Waals surface area contributed by atoms with Crippen LogP contribution in [0.15, 0.2) is 24.4 Å². The molecule has 0 aliphatic heterocycles. The van der Waals surface area contributed by atoms with Gasteiger partial charge in [-0.05, 0) is 26.3 Å². The molecule has 0 unspecified atom stereocenters. The summed E-state index contributed by atoms with van der Waals surface area (Å²) in [7, 11) is 0. The highest BCUT2D eigenvalue weighted by Gasteiger charge is 2.21. The maximum Gasteiger partial charge on any atom is 0.515 e. The van der Waals surface area contributed by atoms with E-state index in [-0.39, 0.29) is 5.88 Å². The van der Waals surface area contributed by atoms with E-state index >= 15 is 0 Å². The van der Waals surface area contributed by atoms with Gasteiger partial charge < -0.3 is 9.47 Å². The minimum Gasteiger partial charge on any atom is -0.428 e. The number of aromatic nitrogens is 1. The van der Waals surface area contributed by atoms with E-state index in [1.54, 1.807) is 24.4 Å². The van der Waals surface area contributed by atoms with Crippen LogP contribution in [0.25, 0.3) is 0 Å². The fraction of sp³-hybridized carbons (Fsp3) is 0.455. The molecule has 1 aromatic heterocycles. The van der Waals surface area contributed by atoms with E-state index in [2.05, 4.69) is 4.98 Å². The molecule has 0 saturated heterocycles. The van der Waals surface area contributed by atoms with Gasteiger partial charge in [0.1, 0.15) is 5.60 Å². The Morgan fingerprint density at radius 3 is 2.73 bits per heavy atom. The second-order valence-electron chi connectivity index (χ2n) is 3.74. The lowest BCUT2D eigenvalue weighted by atomic mass is 10.1. The lowest BCUT2D eigenvalue weighted by molar-refractivity contribution is 0.00627. The molecule has 0 fully saturated rings. The zero-order valence-electron chi connectivity index (χ0n) is 9.19. The van der Waals surface area contributed by atoms with E-state index in [1.807, 2.05) is 20.8 Å². The number of ether oxygens (including phenoxy) is 2. The van der Waals surface area contributed by atoms with Crippen LogP contribution in [-0.4, -0.2) is 16.7 Å².